The number of likely N-dealkylation sites (tertiary alicyclic amines) is 1. The molecule has 1 fully saturated rings. The molecule has 0 aromatic carbocycles. The van der Waals surface area contributed by atoms with Gasteiger partial charge in [-0.1, -0.05) is 0 Å². The Hall–Kier alpha value is -1.68. The van der Waals surface area contributed by atoms with E-state index in [-0.39, 0.29) is 16.6 Å². The highest BCUT2D eigenvalue weighted by Crippen LogP contribution is 2.32. The number of nitro groups is 1. The van der Waals surface area contributed by atoms with Crippen molar-refractivity contribution in [2.45, 2.75) is 45.3 Å². The van der Waals surface area contributed by atoms with E-state index in [0.717, 1.165) is 17.8 Å². The molecule has 0 bridgehead atoms. The van der Waals surface area contributed by atoms with Crippen LogP contribution in [0.5, 0.6) is 0 Å². The molecule has 0 aliphatic carbocycles. The van der Waals surface area contributed by atoms with Crippen molar-refractivity contribution in [3.05, 3.63) is 24.8 Å². The number of nitrogens with one attached hydrogen (secondary N) is 1. The molecule has 0 radical (unpaired) electrons. The highest BCUT2D eigenvalue weighted by Gasteiger charge is 2.30. The number of thiophene rings is 1. The van der Waals surface area contributed by atoms with Gasteiger partial charge in [-0.05, 0) is 49.5 Å². The van der Waals surface area contributed by atoms with Crippen LogP contribution in [0.15, 0.2) is 9.85 Å². The molecule has 8 nitrogen and oxygen atoms in total. The van der Waals surface area contributed by atoms with Gasteiger partial charge in [0.05, 0.1) is 8.71 Å². The molecular weight excluding hydrogens is 414 g/mol. The van der Waals surface area contributed by atoms with E-state index in [1.165, 1.54) is 6.07 Å². The van der Waals surface area contributed by atoms with Gasteiger partial charge in [0.15, 0.2) is 4.88 Å². The number of halogens is 1. The van der Waals surface area contributed by atoms with Gasteiger partial charge in [0.25, 0.3) is 11.6 Å². The maximum absolute atomic E-state index is 12.4. The average Bonchev–Trinajstić information content (AvgIpc) is 2.88. The van der Waals surface area contributed by atoms with Crippen LogP contribution in [0.2, 0.25) is 0 Å². The summed E-state index contributed by atoms with van der Waals surface area (Å²) in [5, 5.41) is 13.8. The van der Waals surface area contributed by atoms with Gasteiger partial charge < -0.3 is 15.0 Å². The Morgan fingerprint density at radius 3 is 2.76 bits per heavy atom. The minimum atomic E-state index is -0.586. The number of carbonyl (C=O) groups is 2. The molecular formula is C15H20BrN3O5S. The molecule has 1 aromatic rings. The van der Waals surface area contributed by atoms with Crippen LogP contribution >= 0.6 is 27.3 Å². The lowest BCUT2D eigenvalue weighted by molar-refractivity contribution is -0.384. The van der Waals surface area contributed by atoms with Crippen LogP contribution in [0.4, 0.5) is 10.5 Å². The van der Waals surface area contributed by atoms with E-state index in [0.29, 0.717) is 23.3 Å². The zero-order valence-corrected chi connectivity index (χ0v) is 16.6. The normalized spacial score (nSPS) is 17.9. The van der Waals surface area contributed by atoms with Crippen LogP contribution in [-0.2, 0) is 4.74 Å². The maximum atomic E-state index is 12.4. The van der Waals surface area contributed by atoms with Gasteiger partial charge in [-0.15, -0.1) is 11.3 Å². The number of carbonyl (C=O) groups excluding carboxylic acids is 2. The first kappa shape index (κ1) is 19.6. The first-order valence-electron chi connectivity index (χ1n) is 7.79. The molecule has 0 spiro atoms. The molecule has 10 heteroatoms. The molecule has 2 heterocycles. The van der Waals surface area contributed by atoms with Gasteiger partial charge in [0.2, 0.25) is 0 Å². The Bertz CT molecular complexity index is 685. The third-order valence-corrected chi connectivity index (χ3v) is 5.12. The predicted molar refractivity (Wildman–Crippen MR) is 97.0 cm³/mol. The fourth-order valence-corrected chi connectivity index (χ4v) is 3.95. The van der Waals surface area contributed by atoms with Gasteiger partial charge in [0, 0.05) is 25.2 Å². The van der Waals surface area contributed by atoms with Gasteiger partial charge in [0.1, 0.15) is 5.60 Å². The third-order valence-electron chi connectivity index (χ3n) is 3.49. The summed E-state index contributed by atoms with van der Waals surface area (Å²) in [5.74, 6) is -0.501. The topological polar surface area (TPSA) is 102 Å². The van der Waals surface area contributed by atoms with Gasteiger partial charge in [-0.2, -0.15) is 0 Å². The van der Waals surface area contributed by atoms with E-state index < -0.39 is 22.5 Å². The van der Waals surface area contributed by atoms with Crippen molar-refractivity contribution in [3.8, 4) is 0 Å². The Morgan fingerprint density at radius 2 is 2.16 bits per heavy atom. The van der Waals surface area contributed by atoms with Crippen LogP contribution in [0.3, 0.4) is 0 Å². The lowest BCUT2D eigenvalue weighted by Gasteiger charge is -2.34. The highest BCUT2D eigenvalue weighted by molar-refractivity contribution is 9.11. The molecule has 2 amide bonds. The van der Waals surface area contributed by atoms with Crippen LogP contribution in [0, 0.1) is 10.1 Å². The number of hydrogen-bond donors (Lipinski definition) is 1. The number of amides is 2. The first-order chi connectivity index (χ1) is 11.6. The molecule has 1 aliphatic heterocycles. The number of nitrogens with zero attached hydrogens (tertiary/aromatic N) is 2. The van der Waals surface area contributed by atoms with Crippen molar-refractivity contribution in [2.75, 3.05) is 13.1 Å². The monoisotopic (exact) mass is 433 g/mol. The highest BCUT2D eigenvalue weighted by atomic mass is 79.9. The maximum Gasteiger partial charge on any atom is 0.410 e. The fraction of sp³-hybridized carbons (Fsp3) is 0.600. The molecule has 1 atom stereocenters. The second-order valence-electron chi connectivity index (χ2n) is 6.76. The van der Waals surface area contributed by atoms with Gasteiger partial charge in [-0.25, -0.2) is 4.79 Å². The summed E-state index contributed by atoms with van der Waals surface area (Å²) in [6.45, 7) is 6.26. The molecule has 1 unspecified atom stereocenters. The molecule has 1 aliphatic rings. The Kier molecular flexibility index (Phi) is 6.04. The van der Waals surface area contributed by atoms with Crippen molar-refractivity contribution in [2.24, 2.45) is 0 Å². The fourth-order valence-electron chi connectivity index (χ4n) is 2.49. The van der Waals surface area contributed by atoms with Crippen molar-refractivity contribution in [1.29, 1.82) is 0 Å². The van der Waals surface area contributed by atoms with Crippen LogP contribution in [-0.4, -0.2) is 46.6 Å². The summed E-state index contributed by atoms with van der Waals surface area (Å²) in [6.07, 6.45) is 1.00. The Balaban J connectivity index is 2.02. The molecule has 1 aromatic heterocycles. The summed E-state index contributed by atoms with van der Waals surface area (Å²) in [5.41, 5.74) is -0.814. The Morgan fingerprint density at radius 1 is 1.48 bits per heavy atom. The molecule has 25 heavy (non-hydrogen) atoms. The summed E-state index contributed by atoms with van der Waals surface area (Å²) in [4.78, 5) is 36.6. The van der Waals surface area contributed by atoms with Gasteiger partial charge in [-0.3, -0.25) is 14.9 Å². The largest absolute Gasteiger partial charge is 0.444 e. The van der Waals surface area contributed by atoms with E-state index in [2.05, 4.69) is 21.2 Å². The SMILES string of the molecule is CC(C)(C)OC(=O)N1CCCC(NC(=O)c2sc(Br)cc2[N+](=O)[O-])C1. The standard InChI is InChI=1S/C15H20BrN3O5S/c1-15(2,3)24-14(21)18-6-4-5-9(8-18)17-13(20)12-10(19(22)23)7-11(16)25-12/h7,9H,4-6,8H2,1-3H3,(H,17,20). The molecule has 138 valence electrons. The van der Waals surface area contributed by atoms with Crippen LogP contribution < -0.4 is 5.32 Å². The Labute approximate surface area is 157 Å². The second-order valence-corrected chi connectivity index (χ2v) is 9.19. The zero-order valence-electron chi connectivity index (χ0n) is 14.2. The average molecular weight is 434 g/mol. The number of piperidine rings is 1. The van der Waals surface area contributed by atoms with E-state index in [9.17, 15) is 19.7 Å². The molecule has 0 saturated carbocycles. The van der Waals surface area contributed by atoms with Crippen molar-refractivity contribution in [3.63, 3.8) is 0 Å². The van der Waals surface area contributed by atoms with Gasteiger partial charge >= 0.3 is 6.09 Å². The number of hydrogen-bond acceptors (Lipinski definition) is 6. The summed E-state index contributed by atoms with van der Waals surface area (Å²) in [6, 6.07) is 1.04. The lowest BCUT2D eigenvalue weighted by Crippen LogP contribution is -2.50. The smallest absolute Gasteiger partial charge is 0.410 e. The minimum absolute atomic E-state index is 0.0475. The first-order valence-corrected chi connectivity index (χ1v) is 9.40. The number of ether oxygens (including phenoxy) is 1. The lowest BCUT2D eigenvalue weighted by atomic mass is 10.1. The minimum Gasteiger partial charge on any atom is -0.444 e. The van der Waals surface area contributed by atoms with Crippen LogP contribution in [0.25, 0.3) is 0 Å². The third kappa shape index (κ3) is 5.40. The van der Waals surface area contributed by atoms with Crippen molar-refractivity contribution in [1.82, 2.24) is 10.2 Å². The second kappa shape index (κ2) is 7.69. The van der Waals surface area contributed by atoms with Crippen molar-refractivity contribution >= 4 is 45.0 Å². The molecule has 1 saturated heterocycles. The predicted octanol–water partition coefficient (Wildman–Crippen LogP) is 3.55. The quantitative estimate of drug-likeness (QED) is 0.579. The van der Waals surface area contributed by atoms with E-state index in [1.54, 1.807) is 25.7 Å². The summed E-state index contributed by atoms with van der Waals surface area (Å²) in [7, 11) is 0. The van der Waals surface area contributed by atoms with Crippen LogP contribution in [0.1, 0.15) is 43.3 Å². The number of rotatable bonds is 3. The zero-order chi connectivity index (χ0) is 18.8. The van der Waals surface area contributed by atoms with E-state index >= 15 is 0 Å². The summed E-state index contributed by atoms with van der Waals surface area (Å²) >= 11 is 4.18. The molecule has 1 N–H and O–H groups in total. The molecule has 2 rings (SSSR count). The summed E-state index contributed by atoms with van der Waals surface area (Å²) < 4.78 is 5.87. The van der Waals surface area contributed by atoms with E-state index in [4.69, 9.17) is 4.74 Å². The van der Waals surface area contributed by atoms with Crippen molar-refractivity contribution < 1.29 is 19.2 Å². The van der Waals surface area contributed by atoms with E-state index in [1.807, 2.05) is 0 Å².